The molecular weight excluding hydrogens is 432 g/mol. The minimum Gasteiger partial charge on any atom is -0.465 e. The third kappa shape index (κ3) is 4.15. The normalized spacial score (nSPS) is 19.4. The van der Waals surface area contributed by atoms with E-state index in [4.69, 9.17) is 4.98 Å². The Labute approximate surface area is 178 Å². The van der Waals surface area contributed by atoms with E-state index in [0.29, 0.717) is 12.5 Å². The van der Waals surface area contributed by atoms with Crippen molar-refractivity contribution >= 4 is 27.5 Å². The zero-order valence-corrected chi connectivity index (χ0v) is 18.0. The van der Waals surface area contributed by atoms with E-state index >= 15 is 0 Å². The minimum atomic E-state index is -0.819. The summed E-state index contributed by atoms with van der Waals surface area (Å²) in [5.74, 6) is 1.37. The van der Waals surface area contributed by atoms with Gasteiger partial charge in [0.05, 0.1) is 5.69 Å². The van der Waals surface area contributed by atoms with Crippen LogP contribution in [0.3, 0.4) is 0 Å². The van der Waals surface area contributed by atoms with Gasteiger partial charge in [-0.3, -0.25) is 9.38 Å². The largest absolute Gasteiger partial charge is 0.465 e. The summed E-state index contributed by atoms with van der Waals surface area (Å²) < 4.78 is 2.96. The molecule has 1 aliphatic rings. The Hall–Kier alpha value is -2.41. The highest BCUT2D eigenvalue weighted by Gasteiger charge is 2.31. The van der Waals surface area contributed by atoms with E-state index in [1.165, 1.54) is 5.56 Å². The van der Waals surface area contributed by atoms with Gasteiger partial charge in [-0.25, -0.2) is 9.78 Å². The van der Waals surface area contributed by atoms with Gasteiger partial charge in [0.2, 0.25) is 0 Å². The molecule has 3 aromatic rings. The topological polar surface area (TPSA) is 70.7 Å². The highest BCUT2D eigenvalue weighted by molar-refractivity contribution is 9.10. The summed E-state index contributed by atoms with van der Waals surface area (Å²) in [5, 5.41) is 9.76. The number of carbonyl (C=O) groups is 1. The van der Waals surface area contributed by atoms with Gasteiger partial charge in [-0.1, -0.05) is 30.3 Å². The molecule has 1 saturated carbocycles. The molecule has 29 heavy (non-hydrogen) atoms. The maximum absolute atomic E-state index is 11.9. The van der Waals surface area contributed by atoms with Gasteiger partial charge in [0.15, 0.2) is 0 Å². The minimum absolute atomic E-state index is 0.0746. The summed E-state index contributed by atoms with van der Waals surface area (Å²) in [6, 6.07) is 10.1. The van der Waals surface area contributed by atoms with Crippen molar-refractivity contribution in [1.82, 2.24) is 19.3 Å². The molecule has 1 amide bonds. The number of rotatable bonds is 5. The van der Waals surface area contributed by atoms with Crippen LogP contribution < -0.4 is 0 Å². The molecule has 152 valence electrons. The van der Waals surface area contributed by atoms with Crippen molar-refractivity contribution in [2.75, 3.05) is 6.54 Å². The average molecular weight is 457 g/mol. The molecule has 0 bridgehead atoms. The highest BCUT2D eigenvalue weighted by atomic mass is 79.9. The van der Waals surface area contributed by atoms with Crippen molar-refractivity contribution in [3.05, 3.63) is 64.4 Å². The summed E-state index contributed by atoms with van der Waals surface area (Å²) in [5.41, 5.74) is 3.13. The second-order valence-electron chi connectivity index (χ2n) is 7.71. The average Bonchev–Trinajstić information content (AvgIpc) is 3.07. The number of aromatic nitrogens is 3. The summed E-state index contributed by atoms with van der Waals surface area (Å²) in [7, 11) is 0. The first-order chi connectivity index (χ1) is 14.0. The summed E-state index contributed by atoms with van der Waals surface area (Å²) in [6.45, 7) is 2.53. The Morgan fingerprint density at radius 2 is 1.97 bits per heavy atom. The lowest BCUT2D eigenvalue weighted by Gasteiger charge is -2.35. The number of amides is 1. The molecule has 0 radical (unpaired) electrons. The van der Waals surface area contributed by atoms with Crippen LogP contribution in [0.2, 0.25) is 0 Å². The monoisotopic (exact) mass is 456 g/mol. The lowest BCUT2D eigenvalue weighted by Crippen LogP contribution is -2.42. The Morgan fingerprint density at radius 3 is 2.66 bits per heavy atom. The number of nitrogens with zero attached hydrogens (tertiary/aromatic N) is 4. The van der Waals surface area contributed by atoms with Gasteiger partial charge in [0, 0.05) is 30.9 Å². The molecule has 0 unspecified atom stereocenters. The van der Waals surface area contributed by atoms with Crippen molar-refractivity contribution in [2.45, 2.75) is 51.0 Å². The number of benzene rings is 1. The third-order valence-corrected chi connectivity index (χ3v) is 6.51. The molecule has 7 heteroatoms. The van der Waals surface area contributed by atoms with Crippen LogP contribution in [0.5, 0.6) is 0 Å². The number of aryl methyl sites for hydroxylation is 1. The fraction of sp³-hybridized carbons (Fsp3) is 0.409. The summed E-state index contributed by atoms with van der Waals surface area (Å²) in [6.07, 6.45) is 7.30. The first kappa shape index (κ1) is 19.9. The van der Waals surface area contributed by atoms with Crippen LogP contribution in [0.25, 0.3) is 5.52 Å². The lowest BCUT2D eigenvalue weighted by atomic mass is 9.84. The summed E-state index contributed by atoms with van der Waals surface area (Å²) >= 11 is 3.57. The first-order valence-corrected chi connectivity index (χ1v) is 10.9. The van der Waals surface area contributed by atoms with Crippen LogP contribution in [0.1, 0.15) is 48.7 Å². The molecule has 0 saturated heterocycles. The second kappa shape index (κ2) is 8.53. The zero-order valence-electron chi connectivity index (χ0n) is 16.5. The summed E-state index contributed by atoms with van der Waals surface area (Å²) in [4.78, 5) is 22.6. The van der Waals surface area contributed by atoms with Crippen LogP contribution in [-0.4, -0.2) is 43.1 Å². The third-order valence-electron chi connectivity index (χ3n) is 5.95. The molecule has 2 heterocycles. The fourth-order valence-corrected chi connectivity index (χ4v) is 5.09. The van der Waals surface area contributed by atoms with Gasteiger partial charge in [0.25, 0.3) is 0 Å². The molecule has 0 atom stereocenters. The quantitative estimate of drug-likeness (QED) is 0.582. The molecule has 0 spiro atoms. The Bertz CT molecular complexity index is 997. The Morgan fingerprint density at radius 1 is 1.24 bits per heavy atom. The molecule has 0 aliphatic heterocycles. The van der Waals surface area contributed by atoms with E-state index in [0.717, 1.165) is 53.7 Å². The second-order valence-corrected chi connectivity index (χ2v) is 8.46. The first-order valence-electron chi connectivity index (χ1n) is 10.1. The van der Waals surface area contributed by atoms with Gasteiger partial charge in [-0.15, -0.1) is 0 Å². The van der Waals surface area contributed by atoms with Gasteiger partial charge in [-0.05, 0) is 60.5 Å². The standard InChI is InChI=1S/C22H25BrN4O2/c1-15-19-20(23)25-21(27(19)14-12-24-15)17-7-9-18(10-8-17)26(22(28)29)13-11-16-5-3-2-4-6-16/h2-6,12,14,17-18H,7-11,13H2,1H3,(H,28,29). The van der Waals surface area contributed by atoms with E-state index < -0.39 is 6.09 Å². The van der Waals surface area contributed by atoms with Gasteiger partial charge < -0.3 is 10.0 Å². The Balaban J connectivity index is 1.44. The van der Waals surface area contributed by atoms with Gasteiger partial charge >= 0.3 is 6.09 Å². The van der Waals surface area contributed by atoms with Crippen LogP contribution >= 0.6 is 15.9 Å². The van der Waals surface area contributed by atoms with Crippen LogP contribution in [0.15, 0.2) is 47.3 Å². The number of carboxylic acid groups (broad SMARTS) is 1. The van der Waals surface area contributed by atoms with Crippen molar-refractivity contribution in [1.29, 1.82) is 0 Å². The number of fused-ring (bicyclic) bond motifs is 1. The molecule has 6 nitrogen and oxygen atoms in total. The van der Waals surface area contributed by atoms with E-state index in [2.05, 4.69) is 37.4 Å². The zero-order chi connectivity index (χ0) is 20.4. The number of imidazole rings is 1. The van der Waals surface area contributed by atoms with E-state index in [9.17, 15) is 9.90 Å². The maximum atomic E-state index is 11.9. The van der Waals surface area contributed by atoms with Crippen LogP contribution in [0.4, 0.5) is 4.79 Å². The van der Waals surface area contributed by atoms with E-state index in [1.54, 1.807) is 11.1 Å². The van der Waals surface area contributed by atoms with Gasteiger partial charge in [0.1, 0.15) is 15.9 Å². The molecular formula is C22H25BrN4O2. The lowest BCUT2D eigenvalue weighted by molar-refractivity contribution is 0.109. The highest BCUT2D eigenvalue weighted by Crippen LogP contribution is 2.36. The van der Waals surface area contributed by atoms with Crippen LogP contribution in [0, 0.1) is 6.92 Å². The predicted octanol–water partition coefficient (Wildman–Crippen LogP) is 5.05. The maximum Gasteiger partial charge on any atom is 0.407 e. The molecule has 1 N–H and O–H groups in total. The van der Waals surface area contributed by atoms with Crippen molar-refractivity contribution < 1.29 is 9.90 Å². The van der Waals surface area contributed by atoms with Crippen molar-refractivity contribution in [3.63, 3.8) is 0 Å². The fourth-order valence-electron chi connectivity index (χ4n) is 4.43. The number of hydrogen-bond acceptors (Lipinski definition) is 3. The Kier molecular flexibility index (Phi) is 5.85. The molecule has 1 aromatic carbocycles. The molecule has 2 aromatic heterocycles. The molecule has 1 fully saturated rings. The number of halogens is 1. The van der Waals surface area contributed by atoms with Crippen LogP contribution in [-0.2, 0) is 6.42 Å². The van der Waals surface area contributed by atoms with Gasteiger partial charge in [-0.2, -0.15) is 0 Å². The molecule has 1 aliphatic carbocycles. The van der Waals surface area contributed by atoms with E-state index in [1.807, 2.05) is 31.3 Å². The SMILES string of the molecule is Cc1nccn2c(C3CCC(N(CCc4ccccc4)C(=O)O)CC3)nc(Br)c12. The number of hydrogen-bond donors (Lipinski definition) is 1. The van der Waals surface area contributed by atoms with Crippen molar-refractivity contribution in [3.8, 4) is 0 Å². The smallest absolute Gasteiger partial charge is 0.407 e. The van der Waals surface area contributed by atoms with Crippen molar-refractivity contribution in [2.24, 2.45) is 0 Å². The van der Waals surface area contributed by atoms with E-state index in [-0.39, 0.29) is 6.04 Å². The predicted molar refractivity (Wildman–Crippen MR) is 115 cm³/mol. The molecule has 4 rings (SSSR count).